The van der Waals surface area contributed by atoms with Gasteiger partial charge in [-0.05, 0) is 0 Å². The number of nitrogens with two attached hydrogens (primary N) is 1. The van der Waals surface area contributed by atoms with E-state index in [1.807, 2.05) is 0 Å². The van der Waals surface area contributed by atoms with Crippen molar-refractivity contribution < 1.29 is 22.8 Å². The van der Waals surface area contributed by atoms with Gasteiger partial charge in [0.1, 0.15) is 0 Å². The third kappa shape index (κ3) is 3.19. The number of hydrogen-bond donors (Lipinski definition) is 1. The molecule has 0 aromatic heterocycles. The third-order valence-corrected chi connectivity index (χ3v) is 4.20. The first-order valence-electron chi connectivity index (χ1n) is 3.37. The van der Waals surface area contributed by atoms with E-state index in [2.05, 4.69) is 0 Å². The van der Waals surface area contributed by atoms with Crippen LogP contribution >= 0.6 is 0 Å². The van der Waals surface area contributed by atoms with Crippen molar-refractivity contribution in [2.45, 2.75) is 23.6 Å². The van der Waals surface area contributed by atoms with E-state index in [9.17, 15) is 22.8 Å². The van der Waals surface area contributed by atoms with Crippen LogP contribution in [-0.4, -0.2) is 35.1 Å². The van der Waals surface area contributed by atoms with Gasteiger partial charge in [-0.1, -0.05) is 0 Å². The molecule has 0 spiro atoms. The summed E-state index contributed by atoms with van der Waals surface area (Å²) in [7, 11) is 0. The normalized spacial score (nSPS) is 13.6. The molecular weight excluding hydrogens is 268 g/mol. The quantitative estimate of drug-likeness (QED) is 0.735. The molecule has 0 unspecified atom stereocenters. The van der Waals surface area contributed by atoms with Crippen LogP contribution in [0.5, 0.6) is 0 Å². The van der Waals surface area contributed by atoms with E-state index in [-0.39, 0.29) is 3.92 Å². The molecular formula is C6H11F3N2O2Se. The molecule has 0 aliphatic heterocycles. The van der Waals surface area contributed by atoms with Crippen molar-refractivity contribution in [2.24, 2.45) is 5.73 Å². The SMILES string of the molecule is C[Se](C)(C)N(C(N)=O)C(=O)C(F)(F)F. The third-order valence-electron chi connectivity index (χ3n) is 1.17. The van der Waals surface area contributed by atoms with Crippen LogP contribution in [0.2, 0.25) is 17.5 Å². The predicted octanol–water partition coefficient (Wildman–Crippen LogP) is 1.29. The predicted molar refractivity (Wildman–Crippen MR) is 45.8 cm³/mol. The number of carbonyl (C=O) groups is 2. The molecule has 0 aromatic carbocycles. The van der Waals surface area contributed by atoms with Gasteiger partial charge in [0.15, 0.2) is 0 Å². The summed E-state index contributed by atoms with van der Waals surface area (Å²) < 4.78 is 36.2. The number of halogens is 3. The summed E-state index contributed by atoms with van der Waals surface area (Å²) in [6.07, 6.45) is -5.06. The summed E-state index contributed by atoms with van der Waals surface area (Å²) in [5.74, 6) is 2.12. The van der Waals surface area contributed by atoms with Crippen LogP contribution in [0.3, 0.4) is 0 Å². The van der Waals surface area contributed by atoms with Gasteiger partial charge in [0.25, 0.3) is 0 Å². The zero-order chi connectivity index (χ0) is 11.7. The Morgan fingerprint density at radius 1 is 1.21 bits per heavy atom. The fourth-order valence-electron chi connectivity index (χ4n) is 0.734. The van der Waals surface area contributed by atoms with Gasteiger partial charge in [-0.3, -0.25) is 0 Å². The minimum absolute atomic E-state index is 0.135. The molecule has 0 atom stereocenters. The second-order valence-corrected chi connectivity index (χ2v) is 11.4. The second-order valence-electron chi connectivity index (χ2n) is 3.21. The Labute approximate surface area is 81.7 Å². The van der Waals surface area contributed by atoms with Crippen LogP contribution in [0, 0.1) is 0 Å². The number of carbonyl (C=O) groups excluding carboxylic acids is 2. The van der Waals surface area contributed by atoms with Crippen molar-refractivity contribution in [1.82, 2.24) is 3.92 Å². The summed E-state index contributed by atoms with van der Waals surface area (Å²) in [5, 5.41) is 0. The summed E-state index contributed by atoms with van der Waals surface area (Å²) in [6.45, 7) is 0. The van der Waals surface area contributed by atoms with Gasteiger partial charge in [-0.15, -0.1) is 0 Å². The van der Waals surface area contributed by atoms with Crippen LogP contribution in [0.25, 0.3) is 0 Å². The summed E-state index contributed by atoms with van der Waals surface area (Å²) in [4.78, 5) is 21.5. The van der Waals surface area contributed by atoms with E-state index >= 15 is 0 Å². The second kappa shape index (κ2) is 3.78. The first kappa shape index (κ1) is 13.2. The minimum atomic E-state index is -5.06. The summed E-state index contributed by atoms with van der Waals surface area (Å²) in [5.41, 5.74) is 4.73. The van der Waals surface area contributed by atoms with E-state index < -0.39 is 31.2 Å². The van der Waals surface area contributed by atoms with Gasteiger partial charge in [0.2, 0.25) is 0 Å². The molecule has 0 heterocycles. The average Bonchev–Trinajstić information content (AvgIpc) is 1.79. The van der Waals surface area contributed by atoms with Crippen molar-refractivity contribution in [2.75, 3.05) is 0 Å². The Bertz CT molecular complexity index is 259. The first-order valence-corrected chi connectivity index (χ1v) is 9.27. The van der Waals surface area contributed by atoms with Crippen molar-refractivity contribution in [3.05, 3.63) is 0 Å². The zero-order valence-electron chi connectivity index (χ0n) is 7.88. The number of nitrogens with zero attached hydrogens (tertiary/aromatic N) is 1. The van der Waals surface area contributed by atoms with Crippen molar-refractivity contribution >= 4 is 25.0 Å². The van der Waals surface area contributed by atoms with Crippen molar-refractivity contribution in [1.29, 1.82) is 0 Å². The molecule has 0 fully saturated rings. The molecule has 0 aromatic rings. The van der Waals surface area contributed by atoms with Crippen molar-refractivity contribution in [3.63, 3.8) is 0 Å². The standard InChI is InChI=1S/C6H11F3N2O2Se/c1-14(2,3)11(5(10)13)4(12)6(7,8)9/h1-3H3,(H2,10,13). The van der Waals surface area contributed by atoms with Crippen LogP contribution in [-0.2, 0) is 4.79 Å². The fraction of sp³-hybridized carbons (Fsp3) is 0.667. The van der Waals surface area contributed by atoms with E-state index in [1.54, 1.807) is 0 Å². The topological polar surface area (TPSA) is 63.4 Å². The number of rotatable bonds is 1. The van der Waals surface area contributed by atoms with Gasteiger partial charge in [0, 0.05) is 0 Å². The molecule has 14 heavy (non-hydrogen) atoms. The Kier molecular flexibility index (Phi) is 3.58. The molecule has 0 radical (unpaired) electrons. The Balaban J connectivity index is 5.07. The monoisotopic (exact) mass is 280 g/mol. The Hall–Kier alpha value is -0.751. The van der Waals surface area contributed by atoms with E-state index in [0.29, 0.717) is 0 Å². The zero-order valence-corrected chi connectivity index (χ0v) is 9.60. The molecule has 4 nitrogen and oxygen atoms in total. The van der Waals surface area contributed by atoms with Crippen LogP contribution in [0.15, 0.2) is 0 Å². The molecule has 0 rings (SSSR count). The van der Waals surface area contributed by atoms with Gasteiger partial charge >= 0.3 is 81.1 Å². The number of urea groups is 1. The molecule has 0 bridgehead atoms. The van der Waals surface area contributed by atoms with Gasteiger partial charge < -0.3 is 0 Å². The Morgan fingerprint density at radius 2 is 1.57 bits per heavy atom. The number of hydrogen-bond acceptors (Lipinski definition) is 2. The van der Waals surface area contributed by atoms with Gasteiger partial charge in [0.05, 0.1) is 0 Å². The summed E-state index contributed by atoms with van der Waals surface area (Å²) in [6, 6.07) is -1.35. The molecule has 8 heteroatoms. The average molecular weight is 279 g/mol. The van der Waals surface area contributed by atoms with Crippen LogP contribution < -0.4 is 5.73 Å². The van der Waals surface area contributed by atoms with Gasteiger partial charge in [-0.25, -0.2) is 0 Å². The van der Waals surface area contributed by atoms with E-state index in [0.717, 1.165) is 0 Å². The number of alkyl halides is 3. The van der Waals surface area contributed by atoms with Crippen LogP contribution in [0.1, 0.15) is 0 Å². The van der Waals surface area contributed by atoms with Gasteiger partial charge in [-0.2, -0.15) is 0 Å². The number of imide groups is 1. The summed E-state index contributed by atoms with van der Waals surface area (Å²) >= 11 is -2.91. The molecule has 0 aliphatic carbocycles. The van der Waals surface area contributed by atoms with E-state index in [1.165, 1.54) is 17.5 Å². The molecule has 84 valence electrons. The first-order chi connectivity index (χ1) is 5.98. The molecule has 0 aliphatic rings. The fourth-order valence-corrected chi connectivity index (χ4v) is 3.13. The molecule has 0 saturated carbocycles. The maximum absolute atomic E-state index is 12.0. The van der Waals surface area contributed by atoms with Crippen LogP contribution in [0.4, 0.5) is 18.0 Å². The maximum atomic E-state index is 12.0. The van der Waals surface area contributed by atoms with Crippen molar-refractivity contribution in [3.8, 4) is 0 Å². The van der Waals surface area contributed by atoms with E-state index in [4.69, 9.17) is 5.73 Å². The molecule has 2 N–H and O–H groups in total. The number of primary amides is 1. The molecule has 3 amide bonds. The number of amides is 3. The molecule has 0 saturated heterocycles. The Morgan fingerprint density at radius 3 is 1.64 bits per heavy atom.